The third-order valence-electron chi connectivity index (χ3n) is 3.43. The SMILES string of the molecule is CCC1(C)C(=O)c2ccccc2N1C. The number of anilines is 1. The number of nitrogens with zero attached hydrogens (tertiary/aromatic N) is 1. The van der Waals surface area contributed by atoms with Crippen LogP contribution in [0.5, 0.6) is 0 Å². The number of fused-ring (bicyclic) bond motifs is 1. The second-order valence-electron chi connectivity index (χ2n) is 4.03. The van der Waals surface area contributed by atoms with Crippen LogP contribution >= 0.6 is 0 Å². The third-order valence-corrected chi connectivity index (χ3v) is 3.43. The molecule has 0 spiro atoms. The van der Waals surface area contributed by atoms with E-state index < -0.39 is 0 Å². The molecule has 1 aliphatic rings. The number of likely N-dealkylation sites (N-methyl/N-ethyl adjacent to an activating group) is 1. The molecule has 0 amide bonds. The van der Waals surface area contributed by atoms with E-state index in [1.54, 1.807) is 0 Å². The average Bonchev–Trinajstić information content (AvgIpc) is 2.43. The molecule has 1 unspecified atom stereocenters. The minimum atomic E-state index is -0.344. The molecule has 1 heterocycles. The minimum Gasteiger partial charge on any atom is -0.361 e. The molecule has 1 aromatic rings. The lowest BCUT2D eigenvalue weighted by molar-refractivity contribution is 0.0912. The smallest absolute Gasteiger partial charge is 0.190 e. The molecule has 0 aromatic heterocycles. The molecule has 2 rings (SSSR count). The van der Waals surface area contributed by atoms with E-state index in [1.165, 1.54) is 0 Å². The van der Waals surface area contributed by atoms with Crippen LogP contribution in [0.3, 0.4) is 0 Å². The molecule has 1 aromatic carbocycles. The van der Waals surface area contributed by atoms with Gasteiger partial charge in [0.15, 0.2) is 5.78 Å². The Kier molecular flexibility index (Phi) is 1.88. The number of hydrogen-bond donors (Lipinski definition) is 0. The summed E-state index contributed by atoms with van der Waals surface area (Å²) >= 11 is 0. The number of rotatable bonds is 1. The summed E-state index contributed by atoms with van der Waals surface area (Å²) in [5.74, 6) is 0.248. The fraction of sp³-hybridized carbons (Fsp3) is 0.417. The molecule has 0 radical (unpaired) electrons. The first-order valence-corrected chi connectivity index (χ1v) is 4.99. The first kappa shape index (κ1) is 9.25. The molecule has 74 valence electrons. The summed E-state index contributed by atoms with van der Waals surface area (Å²) in [6, 6.07) is 7.82. The Bertz CT molecular complexity index is 386. The van der Waals surface area contributed by atoms with Gasteiger partial charge in [0.25, 0.3) is 0 Å². The van der Waals surface area contributed by atoms with E-state index in [2.05, 4.69) is 11.8 Å². The highest BCUT2D eigenvalue weighted by Crippen LogP contribution is 2.38. The van der Waals surface area contributed by atoms with Crippen molar-refractivity contribution in [1.82, 2.24) is 0 Å². The second kappa shape index (κ2) is 2.84. The molecule has 14 heavy (non-hydrogen) atoms. The summed E-state index contributed by atoms with van der Waals surface area (Å²) in [5.41, 5.74) is 1.57. The molecule has 0 fully saturated rings. The Labute approximate surface area is 84.5 Å². The summed E-state index contributed by atoms with van der Waals surface area (Å²) < 4.78 is 0. The van der Waals surface area contributed by atoms with Crippen LogP contribution in [-0.4, -0.2) is 18.4 Å². The Morgan fingerprint density at radius 3 is 2.57 bits per heavy atom. The van der Waals surface area contributed by atoms with Crippen molar-refractivity contribution < 1.29 is 4.79 Å². The lowest BCUT2D eigenvalue weighted by atomic mass is 9.92. The van der Waals surface area contributed by atoms with E-state index in [-0.39, 0.29) is 11.3 Å². The van der Waals surface area contributed by atoms with E-state index in [9.17, 15) is 4.79 Å². The zero-order chi connectivity index (χ0) is 10.3. The third kappa shape index (κ3) is 0.939. The van der Waals surface area contributed by atoms with Crippen LogP contribution in [0.1, 0.15) is 30.6 Å². The number of Topliss-reactive ketones (excluding diaryl/α,β-unsaturated/α-hetero) is 1. The summed E-state index contributed by atoms with van der Waals surface area (Å²) in [5, 5.41) is 0. The van der Waals surface area contributed by atoms with Gasteiger partial charge in [0, 0.05) is 18.3 Å². The van der Waals surface area contributed by atoms with Crippen molar-refractivity contribution in [2.24, 2.45) is 0 Å². The van der Waals surface area contributed by atoms with Crippen LogP contribution < -0.4 is 4.90 Å². The molecular weight excluding hydrogens is 174 g/mol. The van der Waals surface area contributed by atoms with Gasteiger partial charge in [0.05, 0.1) is 5.54 Å². The van der Waals surface area contributed by atoms with Crippen LogP contribution in [0.15, 0.2) is 24.3 Å². The van der Waals surface area contributed by atoms with Crippen LogP contribution in [0, 0.1) is 0 Å². The number of carbonyl (C=O) groups is 1. The first-order chi connectivity index (χ1) is 6.61. The normalized spacial score (nSPS) is 25.4. The molecule has 0 bridgehead atoms. The van der Waals surface area contributed by atoms with Crippen molar-refractivity contribution in [2.45, 2.75) is 25.8 Å². The van der Waals surface area contributed by atoms with Gasteiger partial charge in [0.1, 0.15) is 0 Å². The number of para-hydroxylation sites is 1. The van der Waals surface area contributed by atoms with Gasteiger partial charge in [-0.05, 0) is 25.5 Å². The van der Waals surface area contributed by atoms with Crippen molar-refractivity contribution in [1.29, 1.82) is 0 Å². The highest BCUT2D eigenvalue weighted by Gasteiger charge is 2.43. The standard InChI is InChI=1S/C12H15NO/c1-4-12(2)11(14)9-7-5-6-8-10(9)13(12)3/h5-8H,4H2,1-3H3. The maximum atomic E-state index is 12.1. The lowest BCUT2D eigenvalue weighted by Gasteiger charge is -2.31. The van der Waals surface area contributed by atoms with Gasteiger partial charge < -0.3 is 4.90 Å². The Morgan fingerprint density at radius 1 is 1.36 bits per heavy atom. The lowest BCUT2D eigenvalue weighted by Crippen LogP contribution is -2.44. The molecule has 0 saturated heterocycles. The first-order valence-electron chi connectivity index (χ1n) is 4.99. The van der Waals surface area contributed by atoms with Gasteiger partial charge >= 0.3 is 0 Å². The van der Waals surface area contributed by atoms with Crippen LogP contribution in [0.4, 0.5) is 5.69 Å². The molecule has 1 atom stereocenters. The Morgan fingerprint density at radius 2 is 2.00 bits per heavy atom. The van der Waals surface area contributed by atoms with Gasteiger partial charge in [-0.2, -0.15) is 0 Å². The maximum absolute atomic E-state index is 12.1. The van der Waals surface area contributed by atoms with Gasteiger partial charge in [-0.3, -0.25) is 4.79 Å². The monoisotopic (exact) mass is 189 g/mol. The number of hydrogen-bond acceptors (Lipinski definition) is 2. The van der Waals surface area contributed by atoms with Gasteiger partial charge in [-0.15, -0.1) is 0 Å². The highest BCUT2D eigenvalue weighted by atomic mass is 16.1. The summed E-state index contributed by atoms with van der Waals surface area (Å²) in [7, 11) is 1.99. The Balaban J connectivity index is 2.59. The molecule has 0 N–H and O–H groups in total. The molecule has 0 aliphatic carbocycles. The summed E-state index contributed by atoms with van der Waals surface area (Å²) in [6.07, 6.45) is 0.844. The topological polar surface area (TPSA) is 20.3 Å². The number of carbonyl (C=O) groups excluding carboxylic acids is 1. The molecular formula is C12H15NO. The number of benzene rings is 1. The van der Waals surface area contributed by atoms with E-state index in [0.29, 0.717) is 0 Å². The van der Waals surface area contributed by atoms with E-state index in [1.807, 2.05) is 38.2 Å². The predicted molar refractivity (Wildman–Crippen MR) is 57.9 cm³/mol. The van der Waals surface area contributed by atoms with Crippen LogP contribution in [-0.2, 0) is 0 Å². The van der Waals surface area contributed by atoms with E-state index >= 15 is 0 Å². The zero-order valence-corrected chi connectivity index (χ0v) is 8.87. The highest BCUT2D eigenvalue weighted by molar-refractivity contribution is 6.13. The predicted octanol–water partition coefficient (Wildman–Crippen LogP) is 2.49. The van der Waals surface area contributed by atoms with Crippen molar-refractivity contribution >= 4 is 11.5 Å². The molecule has 1 aliphatic heterocycles. The molecule has 2 nitrogen and oxygen atoms in total. The van der Waals surface area contributed by atoms with Crippen molar-refractivity contribution in [3.63, 3.8) is 0 Å². The van der Waals surface area contributed by atoms with Crippen LogP contribution in [0.2, 0.25) is 0 Å². The maximum Gasteiger partial charge on any atom is 0.190 e. The van der Waals surface area contributed by atoms with Gasteiger partial charge in [0.2, 0.25) is 0 Å². The average molecular weight is 189 g/mol. The van der Waals surface area contributed by atoms with Crippen molar-refractivity contribution in [2.75, 3.05) is 11.9 Å². The quantitative estimate of drug-likeness (QED) is 0.676. The number of ketones is 1. The van der Waals surface area contributed by atoms with Gasteiger partial charge in [-0.1, -0.05) is 19.1 Å². The van der Waals surface area contributed by atoms with Crippen LogP contribution in [0.25, 0.3) is 0 Å². The Hall–Kier alpha value is -1.31. The van der Waals surface area contributed by atoms with Gasteiger partial charge in [-0.25, -0.2) is 0 Å². The molecule has 0 saturated carbocycles. The van der Waals surface area contributed by atoms with E-state index in [4.69, 9.17) is 0 Å². The fourth-order valence-corrected chi connectivity index (χ4v) is 2.06. The zero-order valence-electron chi connectivity index (χ0n) is 8.87. The largest absolute Gasteiger partial charge is 0.361 e. The minimum absolute atomic E-state index is 0.248. The fourth-order valence-electron chi connectivity index (χ4n) is 2.06. The summed E-state index contributed by atoms with van der Waals surface area (Å²) in [6.45, 7) is 4.07. The van der Waals surface area contributed by atoms with Crippen molar-refractivity contribution in [3.8, 4) is 0 Å². The summed E-state index contributed by atoms with van der Waals surface area (Å²) in [4.78, 5) is 14.2. The van der Waals surface area contributed by atoms with Crippen molar-refractivity contribution in [3.05, 3.63) is 29.8 Å². The van der Waals surface area contributed by atoms with E-state index in [0.717, 1.165) is 17.7 Å². The second-order valence-corrected chi connectivity index (χ2v) is 4.03. The molecule has 2 heteroatoms.